The Balaban J connectivity index is 1.50. The standard InChI is InChI=1S/C31H38O12/c1-3-4-5-6-7-8-22(30(38)39-2)41-19-13-21(33)25-23(14-19)40-16-20(26(25)34)17-9-11-18(12-10-17)42-31-29(37)28(36)27(35)24(15-32)43-31/h9-14,16,22,24,27-29,31-33,35-37H,3-8,15H2,1-2H3. The second kappa shape index (κ2) is 14.7. The van der Waals surface area contributed by atoms with Crippen molar-refractivity contribution in [2.24, 2.45) is 0 Å². The number of esters is 1. The van der Waals surface area contributed by atoms with Crippen LogP contribution in [0.1, 0.15) is 45.4 Å². The predicted molar refractivity (Wildman–Crippen MR) is 154 cm³/mol. The fraction of sp³-hybridized carbons (Fsp3) is 0.484. The number of aliphatic hydroxyl groups excluding tert-OH is 4. The molecule has 0 radical (unpaired) electrons. The smallest absolute Gasteiger partial charge is 0.347 e. The summed E-state index contributed by atoms with van der Waals surface area (Å²) in [6.07, 6.45) is -1.35. The number of methoxy groups -OCH3 is 1. The highest BCUT2D eigenvalue weighted by Gasteiger charge is 2.44. The highest BCUT2D eigenvalue weighted by atomic mass is 16.7. The lowest BCUT2D eigenvalue weighted by molar-refractivity contribution is -0.277. The molecular formula is C31H38O12. The van der Waals surface area contributed by atoms with E-state index in [9.17, 15) is 35.1 Å². The van der Waals surface area contributed by atoms with E-state index in [1.807, 2.05) is 0 Å². The Morgan fingerprint density at radius 1 is 0.977 bits per heavy atom. The minimum Gasteiger partial charge on any atom is -0.507 e. The molecule has 5 N–H and O–H groups in total. The molecular weight excluding hydrogens is 564 g/mol. The third-order valence-electron chi connectivity index (χ3n) is 7.41. The number of unbranched alkanes of at least 4 members (excludes halogenated alkanes) is 4. The third kappa shape index (κ3) is 7.46. The number of carbonyl (C=O) groups is 1. The zero-order valence-corrected chi connectivity index (χ0v) is 24.0. The summed E-state index contributed by atoms with van der Waals surface area (Å²) in [7, 11) is 1.28. The van der Waals surface area contributed by atoms with Gasteiger partial charge in [-0.1, -0.05) is 44.7 Å². The number of phenols is 1. The van der Waals surface area contributed by atoms with Crippen molar-refractivity contribution in [3.63, 3.8) is 0 Å². The van der Waals surface area contributed by atoms with Gasteiger partial charge in [-0.15, -0.1) is 0 Å². The summed E-state index contributed by atoms with van der Waals surface area (Å²) in [4.78, 5) is 25.7. The maximum atomic E-state index is 13.4. The van der Waals surface area contributed by atoms with Gasteiger partial charge in [-0.2, -0.15) is 0 Å². The van der Waals surface area contributed by atoms with Crippen LogP contribution in [0, 0.1) is 0 Å². The largest absolute Gasteiger partial charge is 0.507 e. The van der Waals surface area contributed by atoms with Crippen molar-refractivity contribution >= 4 is 16.9 Å². The molecule has 0 aliphatic carbocycles. The van der Waals surface area contributed by atoms with Crippen LogP contribution in [0.4, 0.5) is 0 Å². The van der Waals surface area contributed by atoms with E-state index in [1.54, 1.807) is 12.1 Å². The van der Waals surface area contributed by atoms with Crippen LogP contribution >= 0.6 is 0 Å². The minimum absolute atomic E-state index is 0.0675. The number of carbonyl (C=O) groups excluding carboxylic acids is 1. The van der Waals surface area contributed by atoms with E-state index in [0.29, 0.717) is 12.0 Å². The zero-order valence-electron chi connectivity index (χ0n) is 24.0. The molecule has 2 aromatic carbocycles. The molecule has 1 aliphatic rings. The van der Waals surface area contributed by atoms with Gasteiger partial charge in [0.15, 0.2) is 6.10 Å². The van der Waals surface area contributed by atoms with E-state index in [2.05, 4.69) is 6.92 Å². The molecule has 1 saturated heterocycles. The van der Waals surface area contributed by atoms with E-state index in [1.165, 1.54) is 37.6 Å². The number of benzene rings is 2. The number of phenolic OH excluding ortho intramolecular Hbond substituents is 1. The number of fused-ring (bicyclic) bond motifs is 1. The average molecular weight is 603 g/mol. The van der Waals surface area contributed by atoms with Crippen LogP contribution in [0.3, 0.4) is 0 Å². The molecule has 12 nitrogen and oxygen atoms in total. The highest BCUT2D eigenvalue weighted by Crippen LogP contribution is 2.32. The van der Waals surface area contributed by atoms with E-state index in [-0.39, 0.29) is 33.8 Å². The zero-order chi connectivity index (χ0) is 31.1. The second-order valence-corrected chi connectivity index (χ2v) is 10.5. The van der Waals surface area contributed by atoms with Gasteiger partial charge >= 0.3 is 5.97 Å². The molecule has 6 atom stereocenters. The Morgan fingerprint density at radius 2 is 1.70 bits per heavy atom. The van der Waals surface area contributed by atoms with Gasteiger partial charge < -0.3 is 48.9 Å². The summed E-state index contributed by atoms with van der Waals surface area (Å²) >= 11 is 0. The molecule has 3 aromatic rings. The SMILES string of the molecule is CCCCCCCC(Oc1cc(O)c2c(=O)c(-c3ccc(OC4OC(CO)C(O)C(O)C4O)cc3)coc2c1)C(=O)OC. The van der Waals surface area contributed by atoms with Gasteiger partial charge in [0.1, 0.15) is 58.9 Å². The maximum Gasteiger partial charge on any atom is 0.347 e. The van der Waals surface area contributed by atoms with Crippen molar-refractivity contribution in [1.82, 2.24) is 0 Å². The van der Waals surface area contributed by atoms with Crippen LogP contribution in [-0.4, -0.2) is 82.0 Å². The predicted octanol–water partition coefficient (Wildman–Crippen LogP) is 2.63. The van der Waals surface area contributed by atoms with Crippen molar-refractivity contribution in [3.8, 4) is 28.4 Å². The first kappa shape index (κ1) is 32.2. The molecule has 2 heterocycles. The number of hydrogen-bond acceptors (Lipinski definition) is 12. The summed E-state index contributed by atoms with van der Waals surface area (Å²) in [5.41, 5.74) is 0.145. The first-order valence-corrected chi connectivity index (χ1v) is 14.3. The normalized spacial score (nSPS) is 22.7. The highest BCUT2D eigenvalue weighted by molar-refractivity contribution is 5.88. The van der Waals surface area contributed by atoms with Crippen molar-refractivity contribution in [2.45, 2.75) is 82.3 Å². The van der Waals surface area contributed by atoms with Crippen LogP contribution in [0.15, 0.2) is 51.9 Å². The number of ether oxygens (including phenoxy) is 4. The molecule has 1 aliphatic heterocycles. The van der Waals surface area contributed by atoms with E-state index in [0.717, 1.165) is 32.1 Å². The summed E-state index contributed by atoms with van der Waals surface area (Å²) in [6.45, 7) is 1.53. The maximum absolute atomic E-state index is 13.4. The van der Waals surface area contributed by atoms with Crippen LogP contribution in [0.5, 0.6) is 17.2 Å². The quantitative estimate of drug-likeness (QED) is 0.142. The Kier molecular flexibility index (Phi) is 11.0. The van der Waals surface area contributed by atoms with Crippen LogP contribution in [0.25, 0.3) is 22.1 Å². The lowest BCUT2D eigenvalue weighted by atomic mass is 9.99. The van der Waals surface area contributed by atoms with E-state index in [4.69, 9.17) is 23.4 Å². The fourth-order valence-corrected chi connectivity index (χ4v) is 4.94. The van der Waals surface area contributed by atoms with E-state index >= 15 is 0 Å². The van der Waals surface area contributed by atoms with Crippen LogP contribution in [-0.2, 0) is 14.3 Å². The molecule has 1 aromatic heterocycles. The van der Waals surface area contributed by atoms with Gasteiger partial charge in [-0.25, -0.2) is 4.79 Å². The number of aliphatic hydroxyl groups is 4. The molecule has 1 fully saturated rings. The molecule has 6 unspecified atom stereocenters. The summed E-state index contributed by atoms with van der Waals surface area (Å²) in [5.74, 6) is -0.545. The van der Waals surface area contributed by atoms with Gasteiger partial charge in [-0.3, -0.25) is 4.79 Å². The van der Waals surface area contributed by atoms with Crippen molar-refractivity contribution in [1.29, 1.82) is 0 Å². The summed E-state index contributed by atoms with van der Waals surface area (Å²) in [6, 6.07) is 8.78. The minimum atomic E-state index is -1.59. The lowest BCUT2D eigenvalue weighted by Crippen LogP contribution is -2.60. The summed E-state index contributed by atoms with van der Waals surface area (Å²) in [5, 5.41) is 50.1. The molecule has 12 heteroatoms. The average Bonchev–Trinajstić information content (AvgIpc) is 3.00. The molecule has 234 valence electrons. The second-order valence-electron chi connectivity index (χ2n) is 10.5. The van der Waals surface area contributed by atoms with Gasteiger partial charge in [0.2, 0.25) is 11.7 Å². The van der Waals surface area contributed by atoms with E-state index < -0.39 is 54.8 Å². The fourth-order valence-electron chi connectivity index (χ4n) is 4.94. The van der Waals surface area contributed by atoms with Gasteiger partial charge in [0.25, 0.3) is 0 Å². The van der Waals surface area contributed by atoms with Crippen molar-refractivity contribution < 1.29 is 53.7 Å². The Morgan fingerprint density at radius 3 is 2.37 bits per heavy atom. The monoisotopic (exact) mass is 602 g/mol. The van der Waals surface area contributed by atoms with Crippen LogP contribution in [0.2, 0.25) is 0 Å². The topological polar surface area (TPSA) is 185 Å². The Bertz CT molecular complexity index is 1420. The van der Waals surface area contributed by atoms with Crippen molar-refractivity contribution in [2.75, 3.05) is 13.7 Å². The van der Waals surface area contributed by atoms with Crippen LogP contribution < -0.4 is 14.9 Å². The number of hydrogen-bond donors (Lipinski definition) is 5. The van der Waals surface area contributed by atoms with Gasteiger partial charge in [0.05, 0.1) is 19.3 Å². The molecule has 0 saturated carbocycles. The molecule has 0 bridgehead atoms. The van der Waals surface area contributed by atoms with Gasteiger partial charge in [0, 0.05) is 12.1 Å². The first-order chi connectivity index (χ1) is 20.7. The molecule has 0 spiro atoms. The number of aromatic hydroxyl groups is 1. The molecule has 0 amide bonds. The third-order valence-corrected chi connectivity index (χ3v) is 7.41. The number of rotatable bonds is 13. The molecule has 43 heavy (non-hydrogen) atoms. The lowest BCUT2D eigenvalue weighted by Gasteiger charge is -2.39. The summed E-state index contributed by atoms with van der Waals surface area (Å²) < 4.78 is 27.4. The Labute approximate surface area is 248 Å². The Hall–Kier alpha value is -3.68. The van der Waals surface area contributed by atoms with Crippen molar-refractivity contribution in [3.05, 3.63) is 52.9 Å². The van der Waals surface area contributed by atoms with Gasteiger partial charge in [-0.05, 0) is 30.5 Å². The molecule has 4 rings (SSSR count). The first-order valence-electron chi connectivity index (χ1n) is 14.3.